The zero-order valence-corrected chi connectivity index (χ0v) is 10.3. The van der Waals surface area contributed by atoms with Gasteiger partial charge in [0.25, 0.3) is 0 Å². The van der Waals surface area contributed by atoms with Gasteiger partial charge in [-0.2, -0.15) is 0 Å². The summed E-state index contributed by atoms with van der Waals surface area (Å²) >= 11 is 1.74. The topological polar surface area (TPSA) is 38.6 Å². The molecule has 1 fully saturated rings. The Labute approximate surface area is 98.3 Å². The predicted octanol–water partition coefficient (Wildman–Crippen LogP) is 1.67. The van der Waals surface area contributed by atoms with E-state index in [0.717, 1.165) is 24.7 Å². The van der Waals surface area contributed by atoms with E-state index in [4.69, 9.17) is 4.74 Å². The highest BCUT2D eigenvalue weighted by molar-refractivity contribution is 7.17. The molecule has 1 aliphatic rings. The Hall–Kier alpha value is -0.910. The van der Waals surface area contributed by atoms with Crippen molar-refractivity contribution in [2.24, 2.45) is 0 Å². The average Bonchev–Trinajstić information content (AvgIpc) is 2.83. The summed E-state index contributed by atoms with van der Waals surface area (Å²) in [4.78, 5) is 6.84. The molecule has 4 nitrogen and oxygen atoms in total. The van der Waals surface area contributed by atoms with Crippen molar-refractivity contribution < 1.29 is 4.74 Å². The van der Waals surface area contributed by atoms with Crippen LogP contribution in [0.3, 0.4) is 0 Å². The molecular weight excluding hydrogens is 222 g/mol. The molecule has 1 N–H and O–H groups in total. The zero-order chi connectivity index (χ0) is 11.1. The standard InChI is InChI=1S/C11H15N3OS/c1-7-8(2)16-11-13-5-9(14(7)11)10-6-12-3-4-15-10/h5,10,12H,3-4,6H2,1-2H3. The molecule has 1 aliphatic heterocycles. The van der Waals surface area contributed by atoms with Crippen LogP contribution < -0.4 is 5.32 Å². The fraction of sp³-hybridized carbons (Fsp3) is 0.545. The molecule has 86 valence electrons. The molecule has 3 heterocycles. The lowest BCUT2D eigenvalue weighted by atomic mass is 10.2. The Kier molecular flexibility index (Phi) is 2.46. The minimum Gasteiger partial charge on any atom is -0.369 e. The van der Waals surface area contributed by atoms with Crippen molar-refractivity contribution in [1.29, 1.82) is 0 Å². The van der Waals surface area contributed by atoms with E-state index in [9.17, 15) is 0 Å². The molecule has 2 aromatic heterocycles. The zero-order valence-electron chi connectivity index (χ0n) is 9.49. The molecule has 0 radical (unpaired) electrons. The number of aromatic nitrogens is 2. The van der Waals surface area contributed by atoms with E-state index >= 15 is 0 Å². The number of imidazole rings is 1. The van der Waals surface area contributed by atoms with E-state index in [1.807, 2.05) is 6.20 Å². The first-order valence-electron chi connectivity index (χ1n) is 5.53. The lowest BCUT2D eigenvalue weighted by molar-refractivity contribution is 0.0245. The van der Waals surface area contributed by atoms with E-state index in [0.29, 0.717) is 0 Å². The fourth-order valence-electron chi connectivity index (χ4n) is 2.11. The third-order valence-electron chi connectivity index (χ3n) is 3.10. The van der Waals surface area contributed by atoms with Gasteiger partial charge in [0, 0.05) is 23.7 Å². The van der Waals surface area contributed by atoms with E-state index in [-0.39, 0.29) is 6.10 Å². The van der Waals surface area contributed by atoms with Gasteiger partial charge in [0.15, 0.2) is 4.96 Å². The van der Waals surface area contributed by atoms with Crippen LogP contribution >= 0.6 is 11.3 Å². The van der Waals surface area contributed by atoms with Gasteiger partial charge in [0.2, 0.25) is 0 Å². The van der Waals surface area contributed by atoms with Crippen molar-refractivity contribution in [3.8, 4) is 0 Å². The molecule has 3 rings (SSSR count). The predicted molar refractivity (Wildman–Crippen MR) is 64.1 cm³/mol. The normalized spacial score (nSPS) is 21.8. The largest absolute Gasteiger partial charge is 0.369 e. The molecule has 2 aromatic rings. The van der Waals surface area contributed by atoms with Crippen LogP contribution in [0.4, 0.5) is 0 Å². The molecule has 0 aromatic carbocycles. The van der Waals surface area contributed by atoms with Crippen LogP contribution in [0, 0.1) is 13.8 Å². The van der Waals surface area contributed by atoms with Crippen molar-refractivity contribution in [1.82, 2.24) is 14.7 Å². The Morgan fingerprint density at radius 3 is 3.19 bits per heavy atom. The summed E-state index contributed by atoms with van der Waals surface area (Å²) in [6.45, 7) is 6.88. The summed E-state index contributed by atoms with van der Waals surface area (Å²) in [5.41, 5.74) is 2.45. The Morgan fingerprint density at radius 2 is 2.44 bits per heavy atom. The monoisotopic (exact) mass is 237 g/mol. The lowest BCUT2D eigenvalue weighted by Crippen LogP contribution is -2.33. The van der Waals surface area contributed by atoms with Crippen LogP contribution in [0.15, 0.2) is 6.20 Å². The quantitative estimate of drug-likeness (QED) is 0.820. The molecule has 5 heteroatoms. The van der Waals surface area contributed by atoms with Gasteiger partial charge in [-0.3, -0.25) is 4.40 Å². The summed E-state index contributed by atoms with van der Waals surface area (Å²) in [5, 5.41) is 3.35. The molecule has 0 bridgehead atoms. The Bertz CT molecular complexity index is 510. The Morgan fingerprint density at radius 1 is 1.56 bits per heavy atom. The van der Waals surface area contributed by atoms with E-state index < -0.39 is 0 Å². The number of aryl methyl sites for hydroxylation is 2. The van der Waals surface area contributed by atoms with Crippen LogP contribution in [0.5, 0.6) is 0 Å². The summed E-state index contributed by atoms with van der Waals surface area (Å²) in [6.07, 6.45) is 2.08. The summed E-state index contributed by atoms with van der Waals surface area (Å²) < 4.78 is 8.00. The molecule has 0 spiro atoms. The first-order valence-corrected chi connectivity index (χ1v) is 6.34. The van der Waals surface area contributed by atoms with Crippen LogP contribution in [0.2, 0.25) is 0 Å². The first-order chi connectivity index (χ1) is 7.77. The molecule has 16 heavy (non-hydrogen) atoms. The third-order valence-corrected chi connectivity index (χ3v) is 4.18. The van der Waals surface area contributed by atoms with Gasteiger partial charge in [-0.1, -0.05) is 0 Å². The van der Waals surface area contributed by atoms with Crippen LogP contribution in [-0.4, -0.2) is 29.1 Å². The fourth-order valence-corrected chi connectivity index (χ4v) is 3.06. The highest BCUT2D eigenvalue weighted by Crippen LogP contribution is 2.27. The number of rotatable bonds is 1. The third kappa shape index (κ3) is 1.47. The number of fused-ring (bicyclic) bond motifs is 1. The second-order valence-electron chi connectivity index (χ2n) is 4.11. The molecule has 0 saturated carbocycles. The number of ether oxygens (including phenoxy) is 1. The van der Waals surface area contributed by atoms with Gasteiger partial charge >= 0.3 is 0 Å². The van der Waals surface area contributed by atoms with E-state index in [2.05, 4.69) is 28.5 Å². The molecule has 1 unspecified atom stereocenters. The van der Waals surface area contributed by atoms with Gasteiger partial charge < -0.3 is 10.1 Å². The van der Waals surface area contributed by atoms with Crippen LogP contribution in [-0.2, 0) is 4.74 Å². The molecule has 0 amide bonds. The van der Waals surface area contributed by atoms with Crippen molar-refractivity contribution in [2.75, 3.05) is 19.7 Å². The first kappa shape index (κ1) is 10.3. The van der Waals surface area contributed by atoms with E-state index in [1.165, 1.54) is 16.3 Å². The van der Waals surface area contributed by atoms with Crippen molar-refractivity contribution in [3.05, 3.63) is 22.5 Å². The highest BCUT2D eigenvalue weighted by Gasteiger charge is 2.21. The Balaban J connectivity index is 2.08. The number of nitrogens with zero attached hydrogens (tertiary/aromatic N) is 2. The number of hydrogen-bond acceptors (Lipinski definition) is 4. The van der Waals surface area contributed by atoms with Crippen molar-refractivity contribution in [2.45, 2.75) is 20.0 Å². The van der Waals surface area contributed by atoms with Gasteiger partial charge in [0.1, 0.15) is 6.10 Å². The van der Waals surface area contributed by atoms with Gasteiger partial charge in [-0.25, -0.2) is 4.98 Å². The highest BCUT2D eigenvalue weighted by atomic mass is 32.1. The minimum absolute atomic E-state index is 0.136. The number of hydrogen-bond donors (Lipinski definition) is 1. The number of nitrogens with one attached hydrogen (secondary N) is 1. The molecule has 1 saturated heterocycles. The number of thiazole rings is 1. The lowest BCUT2D eigenvalue weighted by Gasteiger charge is -2.23. The maximum absolute atomic E-state index is 5.78. The van der Waals surface area contributed by atoms with Gasteiger partial charge in [-0.15, -0.1) is 11.3 Å². The SMILES string of the molecule is Cc1sc2ncc(C3CNCCO3)n2c1C. The number of morpholine rings is 1. The summed E-state index contributed by atoms with van der Waals surface area (Å²) in [5.74, 6) is 0. The second kappa shape index (κ2) is 3.84. The molecule has 0 aliphatic carbocycles. The van der Waals surface area contributed by atoms with Crippen LogP contribution in [0.25, 0.3) is 4.96 Å². The molecule has 1 atom stereocenters. The minimum atomic E-state index is 0.136. The smallest absolute Gasteiger partial charge is 0.194 e. The van der Waals surface area contributed by atoms with Gasteiger partial charge in [-0.05, 0) is 13.8 Å². The summed E-state index contributed by atoms with van der Waals surface area (Å²) in [7, 11) is 0. The molecular formula is C11H15N3OS. The van der Waals surface area contributed by atoms with Crippen LogP contribution in [0.1, 0.15) is 22.4 Å². The van der Waals surface area contributed by atoms with E-state index in [1.54, 1.807) is 11.3 Å². The summed E-state index contributed by atoms with van der Waals surface area (Å²) in [6, 6.07) is 0. The van der Waals surface area contributed by atoms with Gasteiger partial charge in [0.05, 0.1) is 18.5 Å². The van der Waals surface area contributed by atoms with Crippen molar-refractivity contribution >= 4 is 16.3 Å². The maximum atomic E-state index is 5.78. The average molecular weight is 237 g/mol. The second-order valence-corrected chi connectivity index (χ2v) is 5.29. The van der Waals surface area contributed by atoms with Crippen molar-refractivity contribution in [3.63, 3.8) is 0 Å². The maximum Gasteiger partial charge on any atom is 0.194 e.